The van der Waals surface area contributed by atoms with Crippen molar-refractivity contribution in [1.82, 2.24) is 10.4 Å². The first kappa shape index (κ1) is 23.2. The molecule has 1 amide bonds. The number of hydrazine groups is 1. The zero-order valence-electron chi connectivity index (χ0n) is 16.8. The van der Waals surface area contributed by atoms with Gasteiger partial charge in [-0.2, -0.15) is 5.01 Å². The molecule has 0 fully saturated rings. The molecule has 0 aromatic rings. The summed E-state index contributed by atoms with van der Waals surface area (Å²) in [6.45, 7) is 14.8. The molecule has 0 saturated heterocycles. The Balaban J connectivity index is 4.95. The maximum absolute atomic E-state index is 12.0. The monoisotopic (exact) mass is 360 g/mol. The Kier molecular flexibility index (Phi) is 7.89. The number of amides is 1. The van der Waals surface area contributed by atoms with Crippen LogP contribution in [0.3, 0.4) is 0 Å². The van der Waals surface area contributed by atoms with Crippen LogP contribution < -0.4 is 5.43 Å². The van der Waals surface area contributed by atoms with E-state index in [4.69, 9.17) is 14.2 Å². The zero-order valence-corrected chi connectivity index (χ0v) is 16.8. The molecule has 0 heterocycles. The van der Waals surface area contributed by atoms with Gasteiger partial charge in [0.05, 0.1) is 0 Å². The van der Waals surface area contributed by atoms with E-state index >= 15 is 0 Å². The summed E-state index contributed by atoms with van der Waals surface area (Å²) in [5.74, 6) is -1.18. The van der Waals surface area contributed by atoms with Crippen molar-refractivity contribution in [3.8, 4) is 0 Å². The van der Waals surface area contributed by atoms with Gasteiger partial charge in [-0.1, -0.05) is 0 Å². The Morgan fingerprint density at radius 3 is 1.28 bits per heavy atom. The fourth-order valence-electron chi connectivity index (χ4n) is 1.62. The topological polar surface area (TPSA) is 94.2 Å². The van der Waals surface area contributed by atoms with Crippen LogP contribution in [0.25, 0.3) is 0 Å². The number of hydrogen-bond acceptors (Lipinski definition) is 7. The Morgan fingerprint density at radius 1 is 0.680 bits per heavy atom. The van der Waals surface area contributed by atoms with Crippen molar-refractivity contribution in [3.05, 3.63) is 0 Å². The highest BCUT2D eigenvalue weighted by molar-refractivity contribution is 5.76. The van der Waals surface area contributed by atoms with E-state index in [0.29, 0.717) is 0 Å². The van der Waals surface area contributed by atoms with E-state index in [0.717, 1.165) is 5.01 Å². The Bertz CT molecular complexity index is 412. The van der Waals surface area contributed by atoms with E-state index in [2.05, 4.69) is 5.43 Å². The van der Waals surface area contributed by atoms with Gasteiger partial charge in [0.1, 0.15) is 29.9 Å². The van der Waals surface area contributed by atoms with E-state index in [1.54, 1.807) is 62.3 Å². The number of esters is 2. The number of nitrogens with one attached hydrogen (secondary N) is 1. The lowest BCUT2D eigenvalue weighted by Crippen LogP contribution is -2.50. The lowest BCUT2D eigenvalue weighted by molar-refractivity contribution is -0.161. The van der Waals surface area contributed by atoms with Gasteiger partial charge in [-0.3, -0.25) is 15.0 Å². The highest BCUT2D eigenvalue weighted by atomic mass is 16.6. The van der Waals surface area contributed by atoms with Crippen molar-refractivity contribution in [2.24, 2.45) is 0 Å². The molecule has 0 aliphatic carbocycles. The van der Waals surface area contributed by atoms with Crippen molar-refractivity contribution in [3.63, 3.8) is 0 Å². The van der Waals surface area contributed by atoms with Gasteiger partial charge in [0.25, 0.3) is 0 Å². The number of rotatable bonds is 5. The molecule has 0 radical (unpaired) electrons. The molecule has 0 aromatic heterocycles. The van der Waals surface area contributed by atoms with Crippen LogP contribution in [0.4, 0.5) is 4.79 Å². The number of hydrogen-bond donors (Lipinski definition) is 1. The van der Waals surface area contributed by atoms with Gasteiger partial charge in [0.15, 0.2) is 0 Å². The van der Waals surface area contributed by atoms with Crippen LogP contribution in [0.2, 0.25) is 0 Å². The maximum atomic E-state index is 12.0. The highest BCUT2D eigenvalue weighted by Gasteiger charge is 2.26. The van der Waals surface area contributed by atoms with Crippen molar-refractivity contribution >= 4 is 18.0 Å². The SMILES string of the molecule is CC(C)(C)OC(=O)CN(CC(=O)OC(C)(C)C)NC(=O)OC(C)(C)C. The molecule has 8 nitrogen and oxygen atoms in total. The highest BCUT2D eigenvalue weighted by Crippen LogP contribution is 2.10. The summed E-state index contributed by atoms with van der Waals surface area (Å²) in [5.41, 5.74) is 0.303. The maximum Gasteiger partial charge on any atom is 0.422 e. The molecule has 0 aliphatic heterocycles. The third-order valence-electron chi connectivity index (χ3n) is 2.13. The van der Waals surface area contributed by atoms with Gasteiger partial charge < -0.3 is 14.2 Å². The molecule has 1 N–H and O–H groups in total. The Morgan fingerprint density at radius 2 is 1.00 bits per heavy atom. The minimum Gasteiger partial charge on any atom is -0.459 e. The molecular formula is C17H32N2O6. The zero-order chi connectivity index (χ0) is 20.1. The molecule has 0 rings (SSSR count). The van der Waals surface area contributed by atoms with E-state index in [1.165, 1.54) is 0 Å². The molecule has 8 heteroatoms. The van der Waals surface area contributed by atoms with Crippen LogP contribution in [-0.4, -0.2) is 52.9 Å². The summed E-state index contributed by atoms with van der Waals surface area (Å²) in [6.07, 6.45) is -0.778. The molecule has 146 valence electrons. The van der Waals surface area contributed by atoms with Gasteiger partial charge in [-0.15, -0.1) is 0 Å². The second kappa shape index (κ2) is 8.51. The minimum atomic E-state index is -0.778. The van der Waals surface area contributed by atoms with Gasteiger partial charge in [-0.25, -0.2) is 4.79 Å². The van der Waals surface area contributed by atoms with E-state index in [1.807, 2.05) is 0 Å². The van der Waals surface area contributed by atoms with Crippen LogP contribution in [0, 0.1) is 0 Å². The van der Waals surface area contributed by atoms with Crippen LogP contribution >= 0.6 is 0 Å². The molecular weight excluding hydrogens is 328 g/mol. The van der Waals surface area contributed by atoms with Gasteiger partial charge >= 0.3 is 18.0 Å². The summed E-state index contributed by atoms with van der Waals surface area (Å²) >= 11 is 0. The summed E-state index contributed by atoms with van der Waals surface area (Å²) in [7, 11) is 0. The van der Waals surface area contributed by atoms with Crippen LogP contribution in [0.5, 0.6) is 0 Å². The van der Waals surface area contributed by atoms with Crippen LogP contribution in [0.15, 0.2) is 0 Å². The molecule has 25 heavy (non-hydrogen) atoms. The fourth-order valence-corrected chi connectivity index (χ4v) is 1.62. The van der Waals surface area contributed by atoms with Gasteiger partial charge in [0, 0.05) is 0 Å². The predicted octanol–water partition coefficient (Wildman–Crippen LogP) is 2.41. The van der Waals surface area contributed by atoms with Gasteiger partial charge in [-0.05, 0) is 62.3 Å². The standard InChI is InChI=1S/C17H32N2O6/c1-15(2,3)23-12(20)10-19(11-13(21)24-16(4,5)6)18-14(22)25-17(7,8)9/h10-11H2,1-9H3,(H,18,22). The third-order valence-corrected chi connectivity index (χ3v) is 2.13. The molecule has 0 aliphatic rings. The van der Waals surface area contributed by atoms with E-state index in [-0.39, 0.29) is 13.1 Å². The normalized spacial score (nSPS) is 12.6. The smallest absolute Gasteiger partial charge is 0.422 e. The first-order valence-electron chi connectivity index (χ1n) is 8.15. The van der Waals surface area contributed by atoms with Crippen LogP contribution in [-0.2, 0) is 23.8 Å². The second-order valence-electron chi connectivity index (χ2n) is 8.64. The van der Waals surface area contributed by atoms with Gasteiger partial charge in [0.2, 0.25) is 0 Å². The number of nitrogens with zero attached hydrogens (tertiary/aromatic N) is 1. The average molecular weight is 360 g/mol. The van der Waals surface area contributed by atoms with Crippen molar-refractivity contribution < 1.29 is 28.6 Å². The molecule has 0 saturated carbocycles. The molecule has 0 unspecified atom stereocenters. The molecule has 0 atom stereocenters. The minimum absolute atomic E-state index is 0.324. The first-order chi connectivity index (χ1) is 11.0. The van der Waals surface area contributed by atoms with Crippen molar-refractivity contribution in [2.45, 2.75) is 79.1 Å². The fraction of sp³-hybridized carbons (Fsp3) is 0.824. The van der Waals surface area contributed by atoms with Crippen molar-refractivity contribution in [1.29, 1.82) is 0 Å². The molecule has 0 bridgehead atoms. The van der Waals surface area contributed by atoms with E-state index < -0.39 is 34.8 Å². The summed E-state index contributed by atoms with van der Waals surface area (Å²) in [6, 6.07) is 0. The largest absolute Gasteiger partial charge is 0.459 e. The Labute approximate surface area is 150 Å². The average Bonchev–Trinajstić information content (AvgIpc) is 2.18. The molecule has 0 spiro atoms. The predicted molar refractivity (Wildman–Crippen MR) is 92.6 cm³/mol. The number of carbonyl (C=O) groups excluding carboxylic acids is 3. The number of ether oxygens (including phenoxy) is 3. The number of carbonyl (C=O) groups is 3. The summed E-state index contributed by atoms with van der Waals surface area (Å²) in [5, 5.41) is 1.11. The quantitative estimate of drug-likeness (QED) is 0.457. The lowest BCUT2D eigenvalue weighted by Gasteiger charge is -2.27. The van der Waals surface area contributed by atoms with E-state index in [9.17, 15) is 14.4 Å². The lowest BCUT2D eigenvalue weighted by atomic mass is 10.2. The van der Waals surface area contributed by atoms with Crippen LogP contribution in [0.1, 0.15) is 62.3 Å². The summed E-state index contributed by atoms with van der Waals surface area (Å²) in [4.78, 5) is 35.9. The van der Waals surface area contributed by atoms with Crippen molar-refractivity contribution in [2.75, 3.05) is 13.1 Å². The summed E-state index contributed by atoms with van der Waals surface area (Å²) < 4.78 is 15.6. The second-order valence-corrected chi connectivity index (χ2v) is 8.64. The third kappa shape index (κ3) is 14.2. The first-order valence-corrected chi connectivity index (χ1v) is 8.15. The Hall–Kier alpha value is -1.83. The molecule has 0 aromatic carbocycles.